The van der Waals surface area contributed by atoms with Crippen molar-refractivity contribution in [3.8, 4) is 11.5 Å². The summed E-state index contributed by atoms with van der Waals surface area (Å²) in [6, 6.07) is 7.17. The van der Waals surface area contributed by atoms with Crippen LogP contribution in [0.3, 0.4) is 0 Å². The van der Waals surface area contributed by atoms with Crippen LogP contribution in [-0.2, 0) is 9.09 Å². The maximum atomic E-state index is 13.1. The number of methoxy groups -OCH3 is 1. The van der Waals surface area contributed by atoms with E-state index in [1.165, 1.54) is 51.4 Å². The highest BCUT2D eigenvalue weighted by atomic mass is 31.2. The lowest BCUT2D eigenvalue weighted by atomic mass is 10.1. The van der Waals surface area contributed by atoms with Crippen LogP contribution in [0.4, 0.5) is 0 Å². The van der Waals surface area contributed by atoms with E-state index in [9.17, 15) is 4.57 Å². The fourth-order valence-corrected chi connectivity index (χ4v) is 4.91. The van der Waals surface area contributed by atoms with Gasteiger partial charge in [0.1, 0.15) is 11.5 Å². The van der Waals surface area contributed by atoms with Gasteiger partial charge in [0.05, 0.1) is 19.9 Å². The lowest BCUT2D eigenvalue weighted by Gasteiger charge is -2.19. The van der Waals surface area contributed by atoms with Gasteiger partial charge in [-0.15, -0.1) is 0 Å². The van der Waals surface area contributed by atoms with Crippen molar-refractivity contribution in [3.05, 3.63) is 24.3 Å². The Bertz CT molecular complexity index is 530. The number of rotatable bonds is 18. The van der Waals surface area contributed by atoms with Gasteiger partial charge in [-0.2, -0.15) is 0 Å². The zero-order valence-electron chi connectivity index (χ0n) is 18.3. The van der Waals surface area contributed by atoms with Crippen molar-refractivity contribution >= 4 is 7.60 Å². The van der Waals surface area contributed by atoms with Gasteiger partial charge in [0.2, 0.25) is 0 Å². The van der Waals surface area contributed by atoms with Crippen LogP contribution >= 0.6 is 7.60 Å². The van der Waals surface area contributed by atoms with Gasteiger partial charge in [0.15, 0.2) is 0 Å². The number of benzene rings is 1. The minimum Gasteiger partial charge on any atom is -0.497 e. The number of hydrogen-bond acceptors (Lipinski definition) is 4. The fraction of sp³-hybridized carbons (Fsp3) is 0.739. The van der Waals surface area contributed by atoms with Gasteiger partial charge < -0.3 is 9.26 Å². The topological polar surface area (TPSA) is 44.8 Å². The fourth-order valence-electron chi connectivity index (χ4n) is 3.08. The molecule has 1 rings (SSSR count). The van der Waals surface area contributed by atoms with Crippen LogP contribution in [0.5, 0.6) is 11.5 Å². The Labute approximate surface area is 172 Å². The van der Waals surface area contributed by atoms with Crippen molar-refractivity contribution < 1.29 is 18.3 Å². The van der Waals surface area contributed by atoms with E-state index in [0.717, 1.165) is 31.4 Å². The molecule has 0 aliphatic heterocycles. The Morgan fingerprint density at radius 3 is 1.75 bits per heavy atom. The molecule has 0 spiro atoms. The molecule has 0 aliphatic carbocycles. The molecule has 0 fully saturated rings. The summed E-state index contributed by atoms with van der Waals surface area (Å²) in [6.07, 6.45) is 15.0. The zero-order valence-corrected chi connectivity index (χ0v) is 19.2. The minimum absolute atomic E-state index is 0.466. The van der Waals surface area contributed by atoms with E-state index in [2.05, 4.69) is 13.8 Å². The molecule has 0 amide bonds. The van der Waals surface area contributed by atoms with Crippen LogP contribution in [0, 0.1) is 0 Å². The molecule has 28 heavy (non-hydrogen) atoms. The van der Waals surface area contributed by atoms with Crippen LogP contribution in [0.15, 0.2) is 24.3 Å². The Morgan fingerprint density at radius 1 is 0.714 bits per heavy atom. The highest BCUT2D eigenvalue weighted by Gasteiger charge is 2.25. The molecule has 0 aromatic heterocycles. The van der Waals surface area contributed by atoms with E-state index in [1.807, 2.05) is 12.1 Å². The van der Waals surface area contributed by atoms with Crippen molar-refractivity contribution in [2.45, 2.75) is 90.9 Å². The summed E-state index contributed by atoms with van der Waals surface area (Å²) < 4.78 is 29.8. The average molecular weight is 413 g/mol. The normalized spacial score (nSPS) is 13.2. The average Bonchev–Trinajstić information content (AvgIpc) is 2.71. The van der Waals surface area contributed by atoms with Crippen LogP contribution in [0.1, 0.15) is 90.9 Å². The lowest BCUT2D eigenvalue weighted by molar-refractivity contribution is 0.256. The molecule has 4 nitrogen and oxygen atoms in total. The van der Waals surface area contributed by atoms with Crippen LogP contribution < -0.4 is 9.26 Å². The van der Waals surface area contributed by atoms with Gasteiger partial charge in [-0.1, -0.05) is 78.1 Å². The SMILES string of the molecule is CCCCCCCCCCCCOP(=O)(CCCC)Oc1ccc(OC)cc1. The van der Waals surface area contributed by atoms with Crippen molar-refractivity contribution in [1.82, 2.24) is 0 Å². The third-order valence-electron chi connectivity index (χ3n) is 4.88. The molecule has 0 saturated carbocycles. The molecule has 1 unspecified atom stereocenters. The van der Waals surface area contributed by atoms with E-state index >= 15 is 0 Å². The molecule has 1 aromatic carbocycles. The first-order valence-corrected chi connectivity index (χ1v) is 12.9. The Balaban J connectivity index is 2.26. The van der Waals surface area contributed by atoms with Crippen molar-refractivity contribution in [3.63, 3.8) is 0 Å². The molecule has 1 aromatic rings. The van der Waals surface area contributed by atoms with Gasteiger partial charge in [0, 0.05) is 0 Å². The van der Waals surface area contributed by atoms with Crippen LogP contribution in [0.25, 0.3) is 0 Å². The van der Waals surface area contributed by atoms with E-state index in [0.29, 0.717) is 18.5 Å². The summed E-state index contributed by atoms with van der Waals surface area (Å²) in [7, 11) is -1.48. The maximum Gasteiger partial charge on any atom is 0.379 e. The first-order valence-electron chi connectivity index (χ1n) is 11.2. The second kappa shape index (κ2) is 15.9. The predicted octanol–water partition coefficient (Wildman–Crippen LogP) is 8.00. The Morgan fingerprint density at radius 2 is 1.21 bits per heavy atom. The van der Waals surface area contributed by atoms with E-state index in [-0.39, 0.29) is 0 Å². The summed E-state index contributed by atoms with van der Waals surface area (Å²) >= 11 is 0. The first kappa shape index (κ1) is 25.0. The van der Waals surface area contributed by atoms with Gasteiger partial charge in [-0.3, -0.25) is 4.52 Å². The summed E-state index contributed by atoms with van der Waals surface area (Å²) in [4.78, 5) is 0. The molecule has 162 valence electrons. The summed E-state index contributed by atoms with van der Waals surface area (Å²) in [5, 5.41) is 0. The molecule has 0 bridgehead atoms. The molecule has 0 radical (unpaired) electrons. The third kappa shape index (κ3) is 11.8. The minimum atomic E-state index is -3.10. The van der Waals surface area contributed by atoms with E-state index in [4.69, 9.17) is 13.8 Å². The highest BCUT2D eigenvalue weighted by Crippen LogP contribution is 2.49. The largest absolute Gasteiger partial charge is 0.497 e. The predicted molar refractivity (Wildman–Crippen MR) is 119 cm³/mol. The monoisotopic (exact) mass is 412 g/mol. The summed E-state index contributed by atoms with van der Waals surface area (Å²) in [5.74, 6) is 1.32. The van der Waals surface area contributed by atoms with Gasteiger partial charge >= 0.3 is 7.60 Å². The molecule has 0 N–H and O–H groups in total. The second-order valence-corrected chi connectivity index (χ2v) is 9.58. The molecule has 0 aliphatic rings. The first-order chi connectivity index (χ1) is 13.6. The quantitative estimate of drug-likeness (QED) is 0.181. The Kier molecular flexibility index (Phi) is 14.2. The van der Waals surface area contributed by atoms with E-state index in [1.54, 1.807) is 19.2 Å². The van der Waals surface area contributed by atoms with Crippen molar-refractivity contribution in [2.24, 2.45) is 0 Å². The highest BCUT2D eigenvalue weighted by molar-refractivity contribution is 7.54. The molecular formula is C23H41O4P. The maximum absolute atomic E-state index is 13.1. The van der Waals surface area contributed by atoms with Gasteiger partial charge in [-0.05, 0) is 37.1 Å². The van der Waals surface area contributed by atoms with Crippen molar-refractivity contribution in [1.29, 1.82) is 0 Å². The van der Waals surface area contributed by atoms with Gasteiger partial charge in [0.25, 0.3) is 0 Å². The third-order valence-corrected chi connectivity index (χ3v) is 6.80. The summed E-state index contributed by atoms with van der Waals surface area (Å²) in [6.45, 7) is 4.85. The molecule has 0 saturated heterocycles. The molecular weight excluding hydrogens is 371 g/mol. The lowest BCUT2D eigenvalue weighted by Crippen LogP contribution is -2.04. The molecule has 1 atom stereocenters. The standard InChI is InChI=1S/C23H41O4P/c1-4-6-8-9-10-11-12-13-14-15-20-26-28(24,21-7-5-2)27-23-18-16-22(25-3)17-19-23/h16-19H,4-15,20-21H2,1-3H3. The zero-order chi connectivity index (χ0) is 20.5. The van der Waals surface area contributed by atoms with Crippen LogP contribution in [0.2, 0.25) is 0 Å². The summed E-state index contributed by atoms with van der Waals surface area (Å²) in [5.41, 5.74) is 0. The molecule has 5 heteroatoms. The Hall–Kier alpha value is -0.990. The van der Waals surface area contributed by atoms with Gasteiger partial charge in [-0.25, -0.2) is 4.57 Å². The van der Waals surface area contributed by atoms with E-state index < -0.39 is 7.60 Å². The second-order valence-electron chi connectivity index (χ2n) is 7.47. The number of unbranched alkanes of at least 4 members (excludes halogenated alkanes) is 10. The number of hydrogen-bond donors (Lipinski definition) is 0. The smallest absolute Gasteiger partial charge is 0.379 e. The van der Waals surface area contributed by atoms with Crippen LogP contribution in [-0.4, -0.2) is 19.9 Å². The molecule has 0 heterocycles. The number of ether oxygens (including phenoxy) is 1. The van der Waals surface area contributed by atoms with Crippen molar-refractivity contribution in [2.75, 3.05) is 19.9 Å².